The summed E-state index contributed by atoms with van der Waals surface area (Å²) >= 11 is 0. The number of hydrogen-bond acceptors (Lipinski definition) is 7. The zero-order chi connectivity index (χ0) is 39.4. The van der Waals surface area contributed by atoms with Crippen molar-refractivity contribution in [2.45, 2.75) is 117 Å². The van der Waals surface area contributed by atoms with Gasteiger partial charge in [-0.25, -0.2) is 13.1 Å². The van der Waals surface area contributed by atoms with E-state index in [-0.39, 0.29) is 35.2 Å². The molecule has 2 aromatic carbocycles. The Morgan fingerprint density at radius 2 is 1.80 bits per heavy atom. The van der Waals surface area contributed by atoms with Crippen molar-refractivity contribution in [1.82, 2.24) is 24.0 Å². The summed E-state index contributed by atoms with van der Waals surface area (Å²) in [5, 5.41) is 16.6. The Labute approximate surface area is 324 Å². The topological polar surface area (TPSA) is 136 Å². The molecule has 1 saturated carbocycles. The van der Waals surface area contributed by atoms with Crippen molar-refractivity contribution < 1.29 is 27.9 Å². The zero-order valence-corrected chi connectivity index (χ0v) is 34.0. The third kappa shape index (κ3) is 7.59. The van der Waals surface area contributed by atoms with E-state index >= 15 is 0 Å². The summed E-state index contributed by atoms with van der Waals surface area (Å²) in [6.45, 7) is 12.3. The summed E-state index contributed by atoms with van der Waals surface area (Å²) in [4.78, 5) is 30.0. The Hall–Kier alpha value is -4.42. The fourth-order valence-corrected chi connectivity index (χ4v) is 10.5. The monoisotopic (exact) mass is 769 g/mol. The number of piperidine rings is 1. The molecule has 4 heterocycles. The fourth-order valence-electron chi connectivity index (χ4n) is 9.12. The van der Waals surface area contributed by atoms with E-state index in [0.29, 0.717) is 43.2 Å². The van der Waals surface area contributed by atoms with E-state index in [4.69, 9.17) is 9.84 Å². The number of carbonyl (C=O) groups excluding carboxylic acids is 2. The second kappa shape index (κ2) is 14.9. The lowest BCUT2D eigenvalue weighted by atomic mass is 9.81. The molecule has 3 aliphatic rings. The Kier molecular flexibility index (Phi) is 10.5. The number of aromatic nitrogens is 3. The highest BCUT2D eigenvalue weighted by molar-refractivity contribution is 7.90. The molecule has 2 N–H and O–H groups in total. The van der Waals surface area contributed by atoms with Gasteiger partial charge in [0, 0.05) is 40.7 Å². The quantitative estimate of drug-likeness (QED) is 0.178. The summed E-state index contributed by atoms with van der Waals surface area (Å²) in [5.41, 5.74) is 6.62. The fraction of sp³-hybridized carbons (Fsp3) is 0.512. The maximum atomic E-state index is 14.6. The Balaban J connectivity index is 1.44. The number of hydrogen-bond donors (Lipinski definition) is 2. The normalized spacial score (nSPS) is 20.7. The predicted molar refractivity (Wildman–Crippen MR) is 217 cm³/mol. The number of benzene rings is 2. The number of ether oxygens (including phenoxy) is 1. The minimum absolute atomic E-state index is 0.0632. The van der Waals surface area contributed by atoms with Crippen molar-refractivity contribution in [3.8, 4) is 17.0 Å². The third-order valence-corrected chi connectivity index (χ3v) is 13.2. The first-order valence-electron chi connectivity index (χ1n) is 19.8. The largest absolute Gasteiger partial charge is 0.497 e. The number of likely N-dealkylation sites (tertiary alicyclic amines) is 1. The van der Waals surface area contributed by atoms with Crippen molar-refractivity contribution >= 4 is 44.4 Å². The van der Waals surface area contributed by atoms with Gasteiger partial charge >= 0.3 is 0 Å². The van der Waals surface area contributed by atoms with Crippen LogP contribution in [-0.2, 0) is 16.6 Å². The lowest BCUT2D eigenvalue weighted by Crippen LogP contribution is -2.50. The average Bonchev–Trinajstić information content (AvgIpc) is 3.65. The van der Waals surface area contributed by atoms with E-state index in [2.05, 4.69) is 35.3 Å². The number of rotatable bonds is 9. The van der Waals surface area contributed by atoms with Gasteiger partial charge in [-0.15, -0.1) is 0 Å². The number of sulfonamides is 1. The molecule has 0 spiro atoms. The molecule has 2 atom stereocenters. The van der Waals surface area contributed by atoms with Gasteiger partial charge in [0.15, 0.2) is 0 Å². The summed E-state index contributed by atoms with van der Waals surface area (Å²) in [7, 11) is -2.18. The van der Waals surface area contributed by atoms with Crippen molar-refractivity contribution in [2.24, 2.45) is 5.92 Å². The van der Waals surface area contributed by atoms with Gasteiger partial charge in [-0.2, -0.15) is 5.10 Å². The summed E-state index contributed by atoms with van der Waals surface area (Å²) in [5.74, 6) is -0.0638. The molecule has 2 amide bonds. The zero-order valence-electron chi connectivity index (χ0n) is 33.2. The van der Waals surface area contributed by atoms with Gasteiger partial charge in [0.2, 0.25) is 10.0 Å². The molecule has 0 unspecified atom stereocenters. The van der Waals surface area contributed by atoms with Crippen LogP contribution in [0.5, 0.6) is 5.75 Å². The molecule has 7 rings (SSSR count). The number of allylic oxidation sites excluding steroid dienone is 1. The first-order valence-corrected chi connectivity index (χ1v) is 21.4. The lowest BCUT2D eigenvalue weighted by molar-refractivity contribution is -0.0220. The molecule has 2 aromatic heterocycles. The Morgan fingerprint density at radius 3 is 2.47 bits per heavy atom. The SMILES string of the molecule is COc1ccc2c(c1)C=C(c1c(C(=O)N3CC[C@](C)(O)C[C@@H]3C)cnn1C(C)C)Cn1c-2c(C2CCCCC2)c2ccc(C(=O)NS(=O)(=O)CC(C)C)cc21. The second-order valence-corrected chi connectivity index (χ2v) is 18.7. The molecule has 0 radical (unpaired) electrons. The van der Waals surface area contributed by atoms with E-state index in [1.807, 2.05) is 47.7 Å². The standard InChI is InChI=1S/C43H55N5O6S/c1-26(2)25-55(52,53)45-41(49)30-13-15-35-37(21-30)47-24-32(19-31-20-33(54-7)14-16-34(31)40(47)38(35)29-11-9-8-10-12-29)39-36(23-44-48(39)27(3)4)42(50)46-18-17-43(6,51)22-28(46)5/h13-16,19-21,23,26-29,51H,8-12,17-18,22,24-25H2,1-7H3,(H,45,49)/t28-,43-/m0/s1. The molecule has 2 fully saturated rings. The molecule has 55 heavy (non-hydrogen) atoms. The number of methoxy groups -OCH3 is 1. The minimum atomic E-state index is -3.83. The molecule has 2 aliphatic heterocycles. The number of nitrogens with zero attached hydrogens (tertiary/aromatic N) is 4. The van der Waals surface area contributed by atoms with Crippen molar-refractivity contribution in [3.05, 3.63) is 70.5 Å². The van der Waals surface area contributed by atoms with Crippen LogP contribution in [-0.4, -0.2) is 75.6 Å². The van der Waals surface area contributed by atoms with Crippen molar-refractivity contribution in [3.63, 3.8) is 0 Å². The van der Waals surface area contributed by atoms with Crippen molar-refractivity contribution in [2.75, 3.05) is 19.4 Å². The maximum Gasteiger partial charge on any atom is 0.264 e. The molecule has 4 aromatic rings. The number of carbonyl (C=O) groups is 2. The molecular formula is C43H55N5O6S. The Morgan fingerprint density at radius 1 is 1.05 bits per heavy atom. The van der Waals surface area contributed by atoms with Gasteiger partial charge in [0.05, 0.1) is 48.2 Å². The first-order chi connectivity index (χ1) is 26.1. The minimum Gasteiger partial charge on any atom is -0.497 e. The van der Waals surface area contributed by atoms with Crippen LogP contribution < -0.4 is 9.46 Å². The van der Waals surface area contributed by atoms with E-state index in [1.165, 1.54) is 12.0 Å². The van der Waals surface area contributed by atoms with Gasteiger partial charge in [-0.3, -0.25) is 14.3 Å². The highest BCUT2D eigenvalue weighted by Crippen LogP contribution is 2.48. The number of aliphatic hydroxyl groups is 1. The van der Waals surface area contributed by atoms with E-state index in [1.54, 1.807) is 33.2 Å². The number of amides is 2. The first kappa shape index (κ1) is 38.8. The van der Waals surface area contributed by atoms with Crippen LogP contribution in [0.3, 0.4) is 0 Å². The average molecular weight is 770 g/mol. The van der Waals surface area contributed by atoms with Gasteiger partial charge in [0.1, 0.15) is 5.75 Å². The molecule has 1 aliphatic carbocycles. The molecule has 12 heteroatoms. The highest BCUT2D eigenvalue weighted by atomic mass is 32.2. The van der Waals surface area contributed by atoms with Gasteiger partial charge in [-0.1, -0.05) is 39.2 Å². The third-order valence-electron chi connectivity index (χ3n) is 11.6. The predicted octanol–water partition coefficient (Wildman–Crippen LogP) is 7.79. The summed E-state index contributed by atoms with van der Waals surface area (Å²) in [6, 6.07) is 11.4. The van der Waals surface area contributed by atoms with Gasteiger partial charge in [0.25, 0.3) is 11.8 Å². The Bertz CT molecular complexity index is 2270. The van der Waals surface area contributed by atoms with Crippen molar-refractivity contribution in [1.29, 1.82) is 0 Å². The lowest BCUT2D eigenvalue weighted by Gasteiger charge is -2.41. The van der Waals surface area contributed by atoms with Crippen LogP contribution in [0.15, 0.2) is 42.6 Å². The molecular weight excluding hydrogens is 715 g/mol. The van der Waals surface area contributed by atoms with Crippen LogP contribution in [0.2, 0.25) is 0 Å². The second-order valence-electron chi connectivity index (χ2n) is 16.9. The molecule has 0 bridgehead atoms. The highest BCUT2D eigenvalue weighted by Gasteiger charge is 2.38. The molecule has 294 valence electrons. The number of nitrogens with one attached hydrogen (secondary N) is 1. The van der Waals surface area contributed by atoms with E-state index in [0.717, 1.165) is 64.7 Å². The van der Waals surface area contributed by atoms with E-state index in [9.17, 15) is 23.1 Å². The molecule has 1 saturated heterocycles. The van der Waals surface area contributed by atoms with Crippen LogP contribution in [0.1, 0.15) is 136 Å². The summed E-state index contributed by atoms with van der Waals surface area (Å²) < 4.78 is 38.0. The molecule has 11 nitrogen and oxygen atoms in total. The van der Waals surface area contributed by atoms with E-state index < -0.39 is 21.5 Å². The van der Waals surface area contributed by atoms with Gasteiger partial charge in [-0.05, 0) is 118 Å². The summed E-state index contributed by atoms with van der Waals surface area (Å²) in [6.07, 6.45) is 10.4. The van der Waals surface area contributed by atoms with Gasteiger partial charge < -0.3 is 19.3 Å². The van der Waals surface area contributed by atoms with Crippen LogP contribution >= 0.6 is 0 Å². The number of fused-ring (bicyclic) bond motifs is 5. The van der Waals surface area contributed by atoms with Crippen LogP contribution in [0.25, 0.3) is 33.8 Å². The van der Waals surface area contributed by atoms with Crippen LogP contribution in [0.4, 0.5) is 0 Å². The van der Waals surface area contributed by atoms with Crippen LogP contribution in [0, 0.1) is 5.92 Å². The maximum absolute atomic E-state index is 14.6. The smallest absolute Gasteiger partial charge is 0.264 e.